The zero-order valence-corrected chi connectivity index (χ0v) is 17.9. The molecule has 2 N–H and O–H groups in total. The number of halogens is 2. The van der Waals surface area contributed by atoms with Crippen LogP contribution in [0.1, 0.15) is 6.92 Å². The number of benzene rings is 2. The minimum Gasteiger partial charge on any atom is -0.495 e. The number of amides is 1. The highest BCUT2D eigenvalue weighted by molar-refractivity contribution is 9.10. The lowest BCUT2D eigenvalue weighted by Crippen LogP contribution is -2.41. The van der Waals surface area contributed by atoms with Crippen molar-refractivity contribution in [1.29, 1.82) is 0 Å². The van der Waals surface area contributed by atoms with Crippen LogP contribution in [0.2, 0.25) is 5.02 Å². The van der Waals surface area contributed by atoms with E-state index in [2.05, 4.69) is 26.0 Å². The summed E-state index contributed by atoms with van der Waals surface area (Å²) in [5.41, 5.74) is 0.304. The van der Waals surface area contributed by atoms with Crippen molar-refractivity contribution in [2.45, 2.75) is 17.9 Å². The van der Waals surface area contributed by atoms with Gasteiger partial charge in [0.25, 0.3) is 0 Å². The first kappa shape index (κ1) is 21.5. The molecule has 2 rings (SSSR count). The van der Waals surface area contributed by atoms with E-state index in [1.165, 1.54) is 45.4 Å². The van der Waals surface area contributed by atoms with E-state index in [-0.39, 0.29) is 4.90 Å². The molecule has 0 aliphatic rings. The molecule has 0 spiro atoms. The average molecular weight is 478 g/mol. The number of carbonyl (C=O) groups is 1. The second kappa shape index (κ2) is 8.92. The Bertz CT molecular complexity index is 935. The maximum absolute atomic E-state index is 12.5. The van der Waals surface area contributed by atoms with E-state index >= 15 is 0 Å². The average Bonchev–Trinajstić information content (AvgIpc) is 2.62. The molecule has 27 heavy (non-hydrogen) atoms. The summed E-state index contributed by atoms with van der Waals surface area (Å²) in [6.07, 6.45) is 0. The summed E-state index contributed by atoms with van der Waals surface area (Å²) in [5, 5.41) is 2.93. The maximum atomic E-state index is 12.5. The first-order valence-electron chi connectivity index (χ1n) is 7.68. The number of rotatable bonds is 7. The summed E-state index contributed by atoms with van der Waals surface area (Å²) in [4.78, 5) is 12.5. The van der Waals surface area contributed by atoms with E-state index in [1.807, 2.05) is 0 Å². The summed E-state index contributed by atoms with van der Waals surface area (Å²) >= 11 is 9.28. The van der Waals surface area contributed by atoms with Crippen LogP contribution in [-0.4, -0.2) is 34.6 Å². The number of methoxy groups -OCH3 is 2. The molecule has 1 amide bonds. The molecule has 0 aliphatic carbocycles. The van der Waals surface area contributed by atoms with Gasteiger partial charge >= 0.3 is 0 Å². The van der Waals surface area contributed by atoms with Gasteiger partial charge in [0, 0.05) is 16.6 Å². The van der Waals surface area contributed by atoms with Crippen molar-refractivity contribution in [3.8, 4) is 11.5 Å². The first-order chi connectivity index (χ1) is 12.7. The van der Waals surface area contributed by atoms with E-state index in [9.17, 15) is 13.2 Å². The zero-order chi connectivity index (χ0) is 20.2. The van der Waals surface area contributed by atoms with Gasteiger partial charge in [0.2, 0.25) is 15.9 Å². The third-order valence-corrected chi connectivity index (χ3v) is 5.96. The van der Waals surface area contributed by atoms with Gasteiger partial charge in [-0.3, -0.25) is 4.79 Å². The predicted octanol–water partition coefficient (Wildman–Crippen LogP) is 3.43. The van der Waals surface area contributed by atoms with Gasteiger partial charge in [0.15, 0.2) is 0 Å². The fourth-order valence-corrected chi connectivity index (χ4v) is 3.87. The predicted molar refractivity (Wildman–Crippen MR) is 107 cm³/mol. The molecule has 0 bridgehead atoms. The van der Waals surface area contributed by atoms with Crippen molar-refractivity contribution in [3.05, 3.63) is 45.9 Å². The molecule has 0 fully saturated rings. The lowest BCUT2D eigenvalue weighted by atomic mass is 10.2. The quantitative estimate of drug-likeness (QED) is 0.637. The van der Waals surface area contributed by atoms with Crippen molar-refractivity contribution in [2.75, 3.05) is 19.5 Å². The Balaban J connectivity index is 2.17. The van der Waals surface area contributed by atoms with Gasteiger partial charge < -0.3 is 14.8 Å². The van der Waals surface area contributed by atoms with Crippen LogP contribution in [0.15, 0.2) is 45.8 Å². The highest BCUT2D eigenvalue weighted by atomic mass is 79.9. The Labute approximate surface area is 171 Å². The van der Waals surface area contributed by atoms with E-state index < -0.39 is 22.0 Å². The van der Waals surface area contributed by atoms with E-state index in [1.54, 1.807) is 12.1 Å². The number of hydrogen-bond acceptors (Lipinski definition) is 5. The Morgan fingerprint density at radius 3 is 2.26 bits per heavy atom. The molecule has 1 atom stereocenters. The Morgan fingerprint density at radius 1 is 1.11 bits per heavy atom. The van der Waals surface area contributed by atoms with Crippen molar-refractivity contribution >= 4 is 49.1 Å². The third kappa shape index (κ3) is 5.35. The molecule has 2 aromatic carbocycles. The highest BCUT2D eigenvalue weighted by Crippen LogP contribution is 2.35. The molecule has 0 aromatic heterocycles. The Kier molecular flexibility index (Phi) is 7.10. The monoisotopic (exact) mass is 476 g/mol. The highest BCUT2D eigenvalue weighted by Gasteiger charge is 2.23. The second-order valence-electron chi connectivity index (χ2n) is 5.47. The van der Waals surface area contributed by atoms with Gasteiger partial charge in [0.05, 0.1) is 35.9 Å². The molecule has 146 valence electrons. The van der Waals surface area contributed by atoms with Gasteiger partial charge in [-0.25, -0.2) is 8.42 Å². The van der Waals surface area contributed by atoms with Gasteiger partial charge in [0.1, 0.15) is 11.5 Å². The van der Waals surface area contributed by atoms with Crippen molar-refractivity contribution in [1.82, 2.24) is 4.72 Å². The van der Waals surface area contributed by atoms with Gasteiger partial charge in [-0.2, -0.15) is 4.72 Å². The van der Waals surface area contributed by atoms with Crippen LogP contribution in [0.4, 0.5) is 5.69 Å². The minimum atomic E-state index is -3.86. The molecule has 0 saturated carbocycles. The molecule has 0 heterocycles. The molecule has 0 saturated heterocycles. The number of anilines is 1. The third-order valence-electron chi connectivity index (χ3n) is 3.58. The molecule has 7 nitrogen and oxygen atoms in total. The normalized spacial score (nSPS) is 12.3. The van der Waals surface area contributed by atoms with Crippen LogP contribution in [0, 0.1) is 0 Å². The summed E-state index contributed by atoms with van der Waals surface area (Å²) in [6, 6.07) is 8.02. The van der Waals surface area contributed by atoms with Crippen molar-refractivity contribution in [3.63, 3.8) is 0 Å². The number of carbonyl (C=O) groups excluding carboxylic acids is 1. The summed E-state index contributed by atoms with van der Waals surface area (Å²) in [7, 11) is -0.995. The van der Waals surface area contributed by atoms with Gasteiger partial charge in [-0.05, 0) is 31.2 Å². The number of hydrogen-bond donors (Lipinski definition) is 2. The van der Waals surface area contributed by atoms with Crippen LogP contribution in [0.25, 0.3) is 0 Å². The van der Waals surface area contributed by atoms with E-state index in [0.717, 1.165) is 4.47 Å². The molecular formula is C17H18BrClN2O5S. The smallest absolute Gasteiger partial charge is 0.242 e. The van der Waals surface area contributed by atoms with Crippen molar-refractivity contribution < 1.29 is 22.7 Å². The SMILES string of the molecule is COc1cc(NC(=O)[C@H](C)NS(=O)(=O)c2ccc(Br)cc2)c(OC)cc1Cl. The summed E-state index contributed by atoms with van der Waals surface area (Å²) < 4.78 is 38.2. The van der Waals surface area contributed by atoms with Crippen LogP contribution in [0.5, 0.6) is 11.5 Å². The zero-order valence-electron chi connectivity index (χ0n) is 14.7. The minimum absolute atomic E-state index is 0.0519. The second-order valence-corrected chi connectivity index (χ2v) is 8.51. The summed E-state index contributed by atoms with van der Waals surface area (Å²) in [5.74, 6) is 0.0892. The molecule has 0 radical (unpaired) electrons. The fraction of sp³-hybridized carbons (Fsp3) is 0.235. The molecule has 10 heteroatoms. The lowest BCUT2D eigenvalue weighted by Gasteiger charge is -2.17. The number of sulfonamides is 1. The fourth-order valence-electron chi connectivity index (χ4n) is 2.17. The first-order valence-corrected chi connectivity index (χ1v) is 10.3. The number of nitrogens with one attached hydrogen (secondary N) is 2. The Hall–Kier alpha value is -1.81. The Morgan fingerprint density at radius 2 is 1.70 bits per heavy atom. The van der Waals surface area contributed by atoms with Crippen molar-refractivity contribution in [2.24, 2.45) is 0 Å². The molecule has 0 aliphatic heterocycles. The largest absolute Gasteiger partial charge is 0.495 e. The standard InChI is InChI=1S/C17H18BrClN2O5S/c1-10(21-27(23,24)12-6-4-11(18)5-7-12)17(22)20-14-9-15(25-2)13(19)8-16(14)26-3/h4-10,21H,1-3H3,(H,20,22)/t10-/m0/s1. The van der Waals surface area contributed by atoms with E-state index in [0.29, 0.717) is 22.2 Å². The van der Waals surface area contributed by atoms with Crippen LogP contribution < -0.4 is 19.5 Å². The molecular weight excluding hydrogens is 460 g/mol. The van der Waals surface area contributed by atoms with Gasteiger partial charge in [-0.15, -0.1) is 0 Å². The summed E-state index contributed by atoms with van der Waals surface area (Å²) in [6.45, 7) is 1.44. The van der Waals surface area contributed by atoms with E-state index in [4.69, 9.17) is 21.1 Å². The topological polar surface area (TPSA) is 93.7 Å². The van der Waals surface area contributed by atoms with Crippen LogP contribution >= 0.6 is 27.5 Å². The lowest BCUT2D eigenvalue weighted by molar-refractivity contribution is -0.117. The maximum Gasteiger partial charge on any atom is 0.242 e. The molecule has 0 unspecified atom stereocenters. The number of ether oxygens (including phenoxy) is 2. The van der Waals surface area contributed by atoms with Crippen LogP contribution in [-0.2, 0) is 14.8 Å². The molecule has 2 aromatic rings. The van der Waals surface area contributed by atoms with Gasteiger partial charge in [-0.1, -0.05) is 27.5 Å². The van der Waals surface area contributed by atoms with Crippen LogP contribution in [0.3, 0.4) is 0 Å².